The number of esters is 2. The summed E-state index contributed by atoms with van der Waals surface area (Å²) >= 11 is 0. The van der Waals surface area contributed by atoms with Crippen molar-refractivity contribution >= 4 is 18.2 Å². The first kappa shape index (κ1) is 18.1. The zero-order valence-corrected chi connectivity index (χ0v) is 14.1. The molecule has 0 heterocycles. The normalized spacial score (nSPS) is 12.6. The molecule has 0 fully saturated rings. The SMILES string of the molecule is COC(=O)/C=C(/C(=O)OC)C(N=Cc1ccccc1)c1ccccc1. The Morgan fingerprint density at radius 1 is 0.920 bits per heavy atom. The van der Waals surface area contributed by atoms with Gasteiger partial charge in [0, 0.05) is 12.3 Å². The molecule has 0 radical (unpaired) electrons. The third kappa shape index (κ3) is 5.14. The van der Waals surface area contributed by atoms with E-state index in [0.29, 0.717) is 0 Å². The molecule has 0 saturated heterocycles. The van der Waals surface area contributed by atoms with E-state index in [0.717, 1.165) is 17.2 Å². The first-order valence-electron chi connectivity index (χ1n) is 7.66. The highest BCUT2D eigenvalue weighted by Crippen LogP contribution is 2.27. The Balaban J connectivity index is 2.48. The van der Waals surface area contributed by atoms with Crippen LogP contribution in [0, 0.1) is 0 Å². The van der Waals surface area contributed by atoms with E-state index in [1.54, 1.807) is 6.21 Å². The first-order valence-corrected chi connectivity index (χ1v) is 7.66. The molecule has 128 valence electrons. The first-order chi connectivity index (χ1) is 12.2. The summed E-state index contributed by atoms with van der Waals surface area (Å²) < 4.78 is 9.47. The molecular weight excluding hydrogens is 318 g/mol. The highest BCUT2D eigenvalue weighted by Gasteiger charge is 2.24. The fraction of sp³-hybridized carbons (Fsp3) is 0.150. The molecule has 2 rings (SSSR count). The predicted octanol–water partition coefficient (Wildman–Crippen LogP) is 3.12. The summed E-state index contributed by atoms with van der Waals surface area (Å²) in [5.74, 6) is -1.28. The van der Waals surface area contributed by atoms with Gasteiger partial charge in [0.15, 0.2) is 0 Å². The number of hydrogen-bond acceptors (Lipinski definition) is 5. The maximum Gasteiger partial charge on any atom is 0.336 e. The molecule has 0 spiro atoms. The van der Waals surface area contributed by atoms with E-state index in [2.05, 4.69) is 9.73 Å². The summed E-state index contributed by atoms with van der Waals surface area (Å²) in [7, 11) is 2.51. The van der Waals surface area contributed by atoms with Gasteiger partial charge in [-0.2, -0.15) is 0 Å². The van der Waals surface area contributed by atoms with Gasteiger partial charge in [-0.1, -0.05) is 60.7 Å². The third-order valence-corrected chi connectivity index (χ3v) is 3.48. The van der Waals surface area contributed by atoms with Crippen LogP contribution in [0.1, 0.15) is 17.2 Å². The van der Waals surface area contributed by atoms with Crippen LogP contribution < -0.4 is 0 Å². The van der Waals surface area contributed by atoms with E-state index < -0.39 is 18.0 Å². The monoisotopic (exact) mass is 337 g/mol. The molecular formula is C20H19NO4. The van der Waals surface area contributed by atoms with Crippen molar-refractivity contribution < 1.29 is 19.1 Å². The molecule has 5 heteroatoms. The van der Waals surface area contributed by atoms with Crippen LogP contribution in [0.5, 0.6) is 0 Å². The summed E-state index contributed by atoms with van der Waals surface area (Å²) in [6, 6.07) is 18.0. The van der Waals surface area contributed by atoms with Gasteiger partial charge >= 0.3 is 11.9 Å². The summed E-state index contributed by atoms with van der Waals surface area (Å²) in [6.45, 7) is 0. The van der Waals surface area contributed by atoms with E-state index in [4.69, 9.17) is 4.74 Å². The van der Waals surface area contributed by atoms with Crippen LogP contribution >= 0.6 is 0 Å². The minimum Gasteiger partial charge on any atom is -0.466 e. The summed E-state index contributed by atoms with van der Waals surface area (Å²) in [4.78, 5) is 28.4. The predicted molar refractivity (Wildman–Crippen MR) is 95.3 cm³/mol. The minimum atomic E-state index is -0.687. The van der Waals surface area contributed by atoms with Crippen LogP contribution in [-0.4, -0.2) is 32.4 Å². The van der Waals surface area contributed by atoms with Gasteiger partial charge in [-0.3, -0.25) is 4.99 Å². The molecule has 0 amide bonds. The zero-order chi connectivity index (χ0) is 18.1. The Morgan fingerprint density at radius 3 is 2.08 bits per heavy atom. The topological polar surface area (TPSA) is 65.0 Å². The lowest BCUT2D eigenvalue weighted by molar-refractivity contribution is -0.138. The molecule has 5 nitrogen and oxygen atoms in total. The Labute approximate surface area is 146 Å². The Bertz CT molecular complexity index is 767. The van der Waals surface area contributed by atoms with Gasteiger partial charge in [-0.25, -0.2) is 9.59 Å². The third-order valence-electron chi connectivity index (χ3n) is 3.48. The smallest absolute Gasteiger partial charge is 0.336 e. The lowest BCUT2D eigenvalue weighted by Crippen LogP contribution is -2.15. The van der Waals surface area contributed by atoms with Gasteiger partial charge in [0.25, 0.3) is 0 Å². The van der Waals surface area contributed by atoms with Crippen molar-refractivity contribution in [2.24, 2.45) is 4.99 Å². The number of carbonyl (C=O) groups is 2. The number of nitrogens with zero attached hydrogens (tertiary/aromatic N) is 1. The lowest BCUT2D eigenvalue weighted by Gasteiger charge is -2.15. The van der Waals surface area contributed by atoms with Crippen molar-refractivity contribution in [3.8, 4) is 0 Å². The van der Waals surface area contributed by atoms with Gasteiger partial charge < -0.3 is 9.47 Å². The van der Waals surface area contributed by atoms with Crippen LogP contribution in [-0.2, 0) is 19.1 Å². The standard InChI is InChI=1S/C20H19NO4/c1-24-18(22)13-17(20(23)25-2)19(16-11-7-4-8-12-16)21-14-15-9-5-3-6-10-15/h3-14,19H,1-2H3/b17-13+,21-14?. The molecule has 1 atom stereocenters. The fourth-order valence-corrected chi connectivity index (χ4v) is 2.23. The lowest BCUT2D eigenvalue weighted by atomic mass is 9.98. The van der Waals surface area contributed by atoms with E-state index in [1.807, 2.05) is 60.7 Å². The average Bonchev–Trinajstić information content (AvgIpc) is 2.68. The molecule has 1 unspecified atom stereocenters. The largest absolute Gasteiger partial charge is 0.466 e. The maximum absolute atomic E-state index is 12.2. The quantitative estimate of drug-likeness (QED) is 0.461. The molecule has 0 aliphatic carbocycles. The highest BCUT2D eigenvalue weighted by molar-refractivity contribution is 5.98. The molecule has 25 heavy (non-hydrogen) atoms. The zero-order valence-electron chi connectivity index (χ0n) is 14.1. The van der Waals surface area contributed by atoms with Crippen molar-refractivity contribution in [3.63, 3.8) is 0 Å². The van der Waals surface area contributed by atoms with E-state index in [-0.39, 0.29) is 5.57 Å². The van der Waals surface area contributed by atoms with Crippen molar-refractivity contribution in [1.82, 2.24) is 0 Å². The van der Waals surface area contributed by atoms with Crippen LogP contribution in [0.3, 0.4) is 0 Å². The second kappa shape index (κ2) is 9.17. The maximum atomic E-state index is 12.2. The number of hydrogen-bond donors (Lipinski definition) is 0. The second-order valence-electron chi connectivity index (χ2n) is 5.12. The van der Waals surface area contributed by atoms with Crippen molar-refractivity contribution in [2.45, 2.75) is 6.04 Å². The molecule has 0 aliphatic heterocycles. The second-order valence-corrected chi connectivity index (χ2v) is 5.12. The van der Waals surface area contributed by atoms with Gasteiger partial charge in [0.1, 0.15) is 6.04 Å². The van der Waals surface area contributed by atoms with E-state index in [1.165, 1.54) is 14.2 Å². The molecule has 2 aromatic rings. The number of ether oxygens (including phenoxy) is 2. The van der Waals surface area contributed by atoms with Crippen molar-refractivity contribution in [1.29, 1.82) is 0 Å². The molecule has 0 aromatic heterocycles. The Hall–Kier alpha value is -3.21. The van der Waals surface area contributed by atoms with Gasteiger partial charge in [-0.05, 0) is 11.1 Å². The van der Waals surface area contributed by atoms with Crippen molar-refractivity contribution in [2.75, 3.05) is 14.2 Å². The summed E-state index contributed by atoms with van der Waals surface area (Å²) in [6.07, 6.45) is 2.78. The van der Waals surface area contributed by atoms with Gasteiger partial charge in [-0.15, -0.1) is 0 Å². The summed E-state index contributed by atoms with van der Waals surface area (Å²) in [5.41, 5.74) is 1.74. The fourth-order valence-electron chi connectivity index (χ4n) is 2.23. The number of rotatable bonds is 6. The Morgan fingerprint density at radius 2 is 1.52 bits per heavy atom. The molecule has 0 aliphatic rings. The van der Waals surface area contributed by atoms with Crippen LogP contribution in [0.4, 0.5) is 0 Å². The van der Waals surface area contributed by atoms with E-state index in [9.17, 15) is 9.59 Å². The van der Waals surface area contributed by atoms with Gasteiger partial charge in [0.2, 0.25) is 0 Å². The van der Waals surface area contributed by atoms with E-state index >= 15 is 0 Å². The van der Waals surface area contributed by atoms with Crippen LogP contribution in [0.15, 0.2) is 77.3 Å². The number of benzene rings is 2. The molecule has 0 bridgehead atoms. The highest BCUT2D eigenvalue weighted by atomic mass is 16.5. The van der Waals surface area contributed by atoms with Crippen molar-refractivity contribution in [3.05, 3.63) is 83.4 Å². The molecule has 0 saturated carbocycles. The van der Waals surface area contributed by atoms with Crippen LogP contribution in [0.2, 0.25) is 0 Å². The molecule has 0 N–H and O–H groups in total. The number of carbonyl (C=O) groups excluding carboxylic acids is 2. The molecule has 2 aromatic carbocycles. The summed E-state index contributed by atoms with van der Waals surface area (Å²) in [5, 5.41) is 0. The average molecular weight is 337 g/mol. The number of aliphatic imine (C=N–C) groups is 1. The number of methoxy groups -OCH3 is 2. The minimum absolute atomic E-state index is 0.104. The van der Waals surface area contributed by atoms with Gasteiger partial charge in [0.05, 0.1) is 19.8 Å². The van der Waals surface area contributed by atoms with Crippen LogP contribution in [0.25, 0.3) is 0 Å². The Kier molecular flexibility index (Phi) is 6.65.